The van der Waals surface area contributed by atoms with Crippen molar-refractivity contribution < 1.29 is 4.52 Å². The van der Waals surface area contributed by atoms with Crippen molar-refractivity contribution in [1.82, 2.24) is 16.0 Å². The summed E-state index contributed by atoms with van der Waals surface area (Å²) in [5.41, 5.74) is 9.11. The van der Waals surface area contributed by atoms with Gasteiger partial charge >= 0.3 is 0 Å². The summed E-state index contributed by atoms with van der Waals surface area (Å²) in [6, 6.07) is 0. The van der Waals surface area contributed by atoms with E-state index in [9.17, 15) is 0 Å². The van der Waals surface area contributed by atoms with Gasteiger partial charge in [0.05, 0.1) is 17.5 Å². The minimum Gasteiger partial charge on any atom is -0.361 e. The number of hydrogen-bond acceptors (Lipinski definition) is 4. The van der Waals surface area contributed by atoms with Gasteiger partial charge in [0.2, 0.25) is 0 Å². The highest BCUT2D eigenvalue weighted by Crippen LogP contribution is 2.18. The van der Waals surface area contributed by atoms with Crippen LogP contribution in [0, 0.1) is 6.92 Å². The first-order chi connectivity index (χ1) is 6.27. The van der Waals surface area contributed by atoms with Crippen molar-refractivity contribution >= 4 is 5.70 Å². The maximum atomic E-state index is 4.97. The molecule has 0 aliphatic carbocycles. The number of hydrazine groups is 1. The number of nitrogens with zero attached hydrogens (tertiary/aromatic N) is 1. The van der Waals surface area contributed by atoms with Gasteiger partial charge < -0.3 is 15.4 Å². The summed E-state index contributed by atoms with van der Waals surface area (Å²) >= 11 is 0. The number of nitrogens with one attached hydrogen (secondary N) is 2. The fraction of sp³-hybridized carbons (Fsp3) is 0.222. The van der Waals surface area contributed by atoms with Gasteiger partial charge in [-0.25, -0.2) is 0 Å². The summed E-state index contributed by atoms with van der Waals surface area (Å²) in [7, 11) is 0. The van der Waals surface area contributed by atoms with E-state index in [0.29, 0.717) is 0 Å². The van der Waals surface area contributed by atoms with Crippen LogP contribution in [0.25, 0.3) is 5.70 Å². The van der Waals surface area contributed by atoms with E-state index in [4.69, 9.17) is 4.52 Å². The molecule has 0 amide bonds. The van der Waals surface area contributed by atoms with Gasteiger partial charge in [-0.1, -0.05) is 5.16 Å². The molecule has 4 heteroatoms. The second kappa shape index (κ2) is 2.97. The second-order valence-corrected chi connectivity index (χ2v) is 3.01. The Kier molecular flexibility index (Phi) is 1.81. The fourth-order valence-corrected chi connectivity index (χ4v) is 1.24. The van der Waals surface area contributed by atoms with E-state index in [1.165, 1.54) is 0 Å². The summed E-state index contributed by atoms with van der Waals surface area (Å²) in [5, 5.41) is 3.72. The highest BCUT2D eigenvalue weighted by atomic mass is 16.5. The maximum absolute atomic E-state index is 4.97. The molecule has 1 aromatic heterocycles. The van der Waals surface area contributed by atoms with Crippen LogP contribution < -0.4 is 10.9 Å². The molecule has 13 heavy (non-hydrogen) atoms. The van der Waals surface area contributed by atoms with E-state index in [1.54, 1.807) is 6.20 Å². The molecule has 4 nitrogen and oxygen atoms in total. The first-order valence-electron chi connectivity index (χ1n) is 4.09. The molecule has 0 atom stereocenters. The third kappa shape index (κ3) is 1.42. The molecule has 0 unspecified atom stereocenters. The molecule has 2 rings (SSSR count). The molecule has 2 heterocycles. The van der Waals surface area contributed by atoms with Gasteiger partial charge in [0.1, 0.15) is 5.76 Å². The standard InChI is InChI=1S/C9H11N3O/c1-6-3-9(12-10-4-6)8-5-11-13-7(8)2/h3-5,10,12H,1-2H3. The van der Waals surface area contributed by atoms with E-state index in [2.05, 4.69) is 16.0 Å². The maximum Gasteiger partial charge on any atom is 0.142 e. The van der Waals surface area contributed by atoms with E-state index < -0.39 is 0 Å². The van der Waals surface area contributed by atoms with E-state index in [0.717, 1.165) is 22.6 Å². The van der Waals surface area contributed by atoms with E-state index in [1.807, 2.05) is 26.1 Å². The Morgan fingerprint density at radius 3 is 2.85 bits per heavy atom. The Morgan fingerprint density at radius 1 is 1.38 bits per heavy atom. The first-order valence-corrected chi connectivity index (χ1v) is 4.09. The minimum atomic E-state index is 0.815. The smallest absolute Gasteiger partial charge is 0.142 e. The minimum absolute atomic E-state index is 0.815. The number of aromatic nitrogens is 1. The van der Waals surface area contributed by atoms with Crippen LogP contribution in [0.5, 0.6) is 0 Å². The lowest BCUT2D eigenvalue weighted by molar-refractivity contribution is 0.397. The zero-order valence-corrected chi connectivity index (χ0v) is 7.59. The Labute approximate surface area is 76.3 Å². The van der Waals surface area contributed by atoms with E-state index in [-0.39, 0.29) is 0 Å². The molecule has 0 saturated heterocycles. The largest absolute Gasteiger partial charge is 0.361 e. The zero-order valence-electron chi connectivity index (χ0n) is 7.59. The van der Waals surface area contributed by atoms with Crippen LogP contribution in [0.3, 0.4) is 0 Å². The predicted molar refractivity (Wildman–Crippen MR) is 49.2 cm³/mol. The number of hydrogen-bond donors (Lipinski definition) is 2. The highest BCUT2D eigenvalue weighted by Gasteiger charge is 2.10. The van der Waals surface area contributed by atoms with Crippen LogP contribution in [0.4, 0.5) is 0 Å². The van der Waals surface area contributed by atoms with Crippen molar-refractivity contribution in [2.45, 2.75) is 13.8 Å². The molecular weight excluding hydrogens is 166 g/mol. The van der Waals surface area contributed by atoms with Crippen molar-refractivity contribution in [3.8, 4) is 0 Å². The van der Waals surface area contributed by atoms with E-state index >= 15 is 0 Å². The monoisotopic (exact) mass is 177 g/mol. The third-order valence-electron chi connectivity index (χ3n) is 1.92. The fourth-order valence-electron chi connectivity index (χ4n) is 1.24. The molecule has 0 saturated carbocycles. The molecule has 0 spiro atoms. The van der Waals surface area contributed by atoms with Crippen molar-refractivity contribution in [2.75, 3.05) is 0 Å². The lowest BCUT2D eigenvalue weighted by Gasteiger charge is -2.14. The normalized spacial score (nSPS) is 15.5. The molecule has 2 N–H and O–H groups in total. The first kappa shape index (κ1) is 7.91. The SMILES string of the molecule is CC1=CNNC(c2cnoc2C)=C1. The molecule has 0 aromatic carbocycles. The Hall–Kier alpha value is -1.71. The number of aryl methyl sites for hydroxylation is 1. The van der Waals surface area contributed by atoms with Crippen molar-refractivity contribution in [1.29, 1.82) is 0 Å². The topological polar surface area (TPSA) is 50.1 Å². The van der Waals surface area contributed by atoms with Crippen molar-refractivity contribution in [2.24, 2.45) is 0 Å². The molecular formula is C9H11N3O. The Morgan fingerprint density at radius 2 is 2.23 bits per heavy atom. The summed E-state index contributed by atoms with van der Waals surface area (Å²) in [4.78, 5) is 0. The highest BCUT2D eigenvalue weighted by molar-refractivity contribution is 5.67. The molecule has 0 radical (unpaired) electrons. The Bertz CT molecular complexity index is 376. The summed E-state index contributed by atoms with van der Waals surface area (Å²) in [6.45, 7) is 3.91. The van der Waals surface area contributed by atoms with Gasteiger partial charge in [0.15, 0.2) is 0 Å². The average Bonchev–Trinajstić information content (AvgIpc) is 2.51. The lowest BCUT2D eigenvalue weighted by atomic mass is 10.1. The molecule has 1 aromatic rings. The average molecular weight is 177 g/mol. The van der Waals surface area contributed by atoms with Crippen LogP contribution in [0.15, 0.2) is 28.6 Å². The van der Waals surface area contributed by atoms with Crippen molar-refractivity contribution in [3.05, 3.63) is 35.4 Å². The van der Waals surface area contributed by atoms with Gasteiger partial charge in [0.25, 0.3) is 0 Å². The summed E-state index contributed by atoms with van der Waals surface area (Å²) in [5.74, 6) is 0.815. The van der Waals surface area contributed by atoms with Crippen LogP contribution >= 0.6 is 0 Å². The van der Waals surface area contributed by atoms with Crippen molar-refractivity contribution in [3.63, 3.8) is 0 Å². The van der Waals surface area contributed by atoms with Gasteiger partial charge in [-0.05, 0) is 25.5 Å². The molecule has 68 valence electrons. The van der Waals surface area contributed by atoms with Gasteiger partial charge in [0, 0.05) is 6.20 Å². The molecule has 0 bridgehead atoms. The third-order valence-corrected chi connectivity index (χ3v) is 1.92. The number of rotatable bonds is 1. The quantitative estimate of drug-likeness (QED) is 0.679. The summed E-state index contributed by atoms with van der Waals surface area (Å²) < 4.78 is 4.97. The molecule has 1 aliphatic heterocycles. The van der Waals surface area contributed by atoms with Gasteiger partial charge in [-0.3, -0.25) is 0 Å². The molecule has 1 aliphatic rings. The van der Waals surface area contributed by atoms with Crippen LogP contribution in [0.1, 0.15) is 18.2 Å². The van der Waals surface area contributed by atoms with Crippen LogP contribution in [0.2, 0.25) is 0 Å². The van der Waals surface area contributed by atoms with Crippen LogP contribution in [-0.4, -0.2) is 5.16 Å². The zero-order chi connectivity index (χ0) is 9.26. The van der Waals surface area contributed by atoms with Gasteiger partial charge in [-0.2, -0.15) is 0 Å². The van der Waals surface area contributed by atoms with Crippen LogP contribution in [-0.2, 0) is 0 Å². The number of allylic oxidation sites excluding steroid dienone is 2. The van der Waals surface area contributed by atoms with Gasteiger partial charge in [-0.15, -0.1) is 0 Å². The lowest BCUT2D eigenvalue weighted by Crippen LogP contribution is -2.28. The predicted octanol–water partition coefficient (Wildman–Crippen LogP) is 1.34. The molecule has 0 fully saturated rings. The Balaban J connectivity index is 2.37. The second-order valence-electron chi connectivity index (χ2n) is 3.01. The summed E-state index contributed by atoms with van der Waals surface area (Å²) in [6.07, 6.45) is 5.64.